The number of hydrogen-bond acceptors (Lipinski definition) is 6. The summed E-state index contributed by atoms with van der Waals surface area (Å²) in [6.07, 6.45) is 0. The van der Waals surface area contributed by atoms with E-state index < -0.39 is 21.7 Å². The zero-order valence-electron chi connectivity index (χ0n) is 10.5. The van der Waals surface area contributed by atoms with E-state index in [1.165, 1.54) is 19.6 Å². The molecule has 0 aliphatic carbocycles. The maximum atomic E-state index is 9.85. The fraction of sp³-hybridized carbons (Fsp3) is 0.750. The van der Waals surface area contributed by atoms with Crippen molar-refractivity contribution in [2.24, 2.45) is 0 Å². The summed E-state index contributed by atoms with van der Waals surface area (Å²) in [5.74, 6) is -1.73. The van der Waals surface area contributed by atoms with Crippen molar-refractivity contribution in [3.8, 4) is 0 Å². The van der Waals surface area contributed by atoms with Crippen molar-refractivity contribution in [2.75, 3.05) is 19.6 Å². The summed E-state index contributed by atoms with van der Waals surface area (Å²) < 4.78 is 0. The molecule has 0 aliphatic rings. The van der Waals surface area contributed by atoms with E-state index >= 15 is 0 Å². The Kier molecular flexibility index (Phi) is 7.12. The average molecular weight is 260 g/mol. The minimum absolute atomic E-state index is 0.864. The second-order valence-corrected chi connectivity index (χ2v) is 3.24. The molecule has 18 heavy (non-hydrogen) atoms. The Morgan fingerprint density at radius 2 is 1.33 bits per heavy atom. The van der Waals surface area contributed by atoms with E-state index in [1.807, 2.05) is 0 Å². The largest absolute Gasteiger partial charge is 0.418 e. The van der Waals surface area contributed by atoms with Gasteiger partial charge in [-0.2, -0.15) is 0 Å². The molecule has 102 valence electrons. The van der Waals surface area contributed by atoms with Gasteiger partial charge in [0, 0.05) is 10.2 Å². The molecule has 0 saturated heterocycles. The van der Waals surface area contributed by atoms with Crippen LogP contribution < -0.4 is 9.88 Å². The molecular formula is C8H16N6O4. The maximum Gasteiger partial charge on any atom is 0.418 e. The van der Waals surface area contributed by atoms with Gasteiger partial charge < -0.3 is 25.1 Å². The molecule has 0 atom stereocenters. The Hall–Kier alpha value is -2.10. The number of rotatable bonds is 5. The Morgan fingerprint density at radius 3 is 1.44 bits per heavy atom. The van der Waals surface area contributed by atoms with Crippen molar-refractivity contribution < 1.29 is 14.7 Å². The molecule has 0 saturated carbocycles. The number of hydrogen-bond donors (Lipinski definition) is 1. The first kappa shape index (κ1) is 15.9. The van der Waals surface area contributed by atoms with E-state index in [0.717, 1.165) is 0 Å². The number of nitro groups is 2. The molecule has 1 aromatic heterocycles. The molecule has 1 aromatic rings. The minimum atomic E-state index is -0.958. The van der Waals surface area contributed by atoms with Gasteiger partial charge in [-0.25, -0.2) is 0 Å². The zero-order chi connectivity index (χ0) is 14.1. The Balaban J connectivity index is 0.000000360. The van der Waals surface area contributed by atoms with Gasteiger partial charge in [-0.15, -0.1) is 0 Å². The van der Waals surface area contributed by atoms with Gasteiger partial charge in [-0.3, -0.25) is 0 Å². The van der Waals surface area contributed by atoms with E-state index in [2.05, 4.69) is 36.0 Å². The highest BCUT2D eigenvalue weighted by Gasteiger charge is 2.15. The third-order valence-electron chi connectivity index (χ3n) is 2.26. The minimum Gasteiger partial charge on any atom is -0.417 e. The standard InChI is InChI=1S/C6H15N.C2N5O4/c1-4-7(5-2)6-3;8-6(9)1-3-2(5-4-1)7(10)11/h4-6H2,1-3H3;/q;-1/p+1. The Bertz CT molecular complexity index is 355. The van der Waals surface area contributed by atoms with E-state index in [1.54, 1.807) is 4.90 Å². The van der Waals surface area contributed by atoms with Crippen LogP contribution in [0.1, 0.15) is 20.8 Å². The molecule has 0 aromatic carbocycles. The highest BCUT2D eigenvalue weighted by molar-refractivity contribution is 5.10. The zero-order valence-corrected chi connectivity index (χ0v) is 10.5. The Labute approximate surface area is 103 Å². The lowest BCUT2D eigenvalue weighted by atomic mass is 10.5. The first-order valence-electron chi connectivity index (χ1n) is 5.45. The molecule has 1 N–H and O–H groups in total. The smallest absolute Gasteiger partial charge is 0.417 e. The second kappa shape index (κ2) is 8.06. The van der Waals surface area contributed by atoms with Crippen LogP contribution in [0, 0.1) is 20.2 Å². The van der Waals surface area contributed by atoms with Crippen molar-refractivity contribution >= 4 is 11.9 Å². The first-order valence-corrected chi connectivity index (χ1v) is 5.45. The van der Waals surface area contributed by atoms with Gasteiger partial charge in [0.25, 0.3) is 0 Å². The predicted octanol–water partition coefficient (Wildman–Crippen LogP) is -0.819. The molecule has 0 spiro atoms. The normalized spacial score (nSPS) is 9.78. The number of nitrogens with one attached hydrogen (secondary N) is 1. The number of nitrogens with zero attached hydrogens (tertiary/aromatic N) is 5. The summed E-state index contributed by atoms with van der Waals surface area (Å²) in [5, 5.41) is 25.4. The van der Waals surface area contributed by atoms with Crippen molar-refractivity contribution in [3.63, 3.8) is 0 Å². The fourth-order valence-corrected chi connectivity index (χ4v) is 1.13. The molecule has 0 bridgehead atoms. The van der Waals surface area contributed by atoms with Gasteiger partial charge >= 0.3 is 11.9 Å². The highest BCUT2D eigenvalue weighted by Crippen LogP contribution is 2.04. The second-order valence-electron chi connectivity index (χ2n) is 3.24. The number of quaternary nitrogens is 1. The monoisotopic (exact) mass is 260 g/mol. The topological polar surface area (TPSA) is 131 Å². The molecule has 10 heteroatoms. The van der Waals surface area contributed by atoms with Crippen LogP contribution in [0.15, 0.2) is 0 Å². The van der Waals surface area contributed by atoms with Gasteiger partial charge in [0.05, 0.1) is 19.6 Å². The van der Waals surface area contributed by atoms with Crippen LogP contribution in [-0.2, 0) is 0 Å². The van der Waals surface area contributed by atoms with Crippen LogP contribution >= 0.6 is 0 Å². The lowest BCUT2D eigenvalue weighted by Gasteiger charge is -2.10. The number of aromatic nitrogens is 3. The van der Waals surface area contributed by atoms with E-state index in [4.69, 9.17) is 0 Å². The maximum absolute atomic E-state index is 9.85. The van der Waals surface area contributed by atoms with E-state index in [9.17, 15) is 20.2 Å². The first-order chi connectivity index (χ1) is 8.46. The van der Waals surface area contributed by atoms with Gasteiger partial charge in [0.1, 0.15) is 0 Å². The SMILES string of the molecule is CC[NH+](CC)CC.O=[N+]([O-])c1nnc([N+](=O)[O-])[n-]1. The molecule has 0 aliphatic heterocycles. The molecule has 0 amide bonds. The van der Waals surface area contributed by atoms with Crippen molar-refractivity contribution in [2.45, 2.75) is 20.8 Å². The van der Waals surface area contributed by atoms with Crippen LogP contribution in [0.5, 0.6) is 0 Å². The molecule has 0 radical (unpaired) electrons. The molecule has 1 rings (SSSR count). The third-order valence-corrected chi connectivity index (χ3v) is 2.26. The van der Waals surface area contributed by atoms with Crippen LogP contribution in [0.3, 0.4) is 0 Å². The predicted molar refractivity (Wildman–Crippen MR) is 61.2 cm³/mol. The quantitative estimate of drug-likeness (QED) is 0.540. The van der Waals surface area contributed by atoms with Gasteiger partial charge in [-0.1, -0.05) is 14.8 Å². The summed E-state index contributed by atoms with van der Waals surface area (Å²) in [6.45, 7) is 10.5. The lowest BCUT2D eigenvalue weighted by molar-refractivity contribution is -0.894. The fourth-order valence-electron chi connectivity index (χ4n) is 1.13. The lowest BCUT2D eigenvalue weighted by Crippen LogP contribution is -3.11. The van der Waals surface area contributed by atoms with Crippen LogP contribution in [-0.4, -0.2) is 39.7 Å². The van der Waals surface area contributed by atoms with Crippen LogP contribution in [0.4, 0.5) is 11.9 Å². The summed E-state index contributed by atoms with van der Waals surface area (Å²) >= 11 is 0. The van der Waals surface area contributed by atoms with Crippen molar-refractivity contribution in [3.05, 3.63) is 20.2 Å². The van der Waals surface area contributed by atoms with Crippen molar-refractivity contribution in [1.82, 2.24) is 15.2 Å². The van der Waals surface area contributed by atoms with Gasteiger partial charge in [0.2, 0.25) is 0 Å². The Morgan fingerprint density at radius 1 is 1.00 bits per heavy atom. The molecular weight excluding hydrogens is 244 g/mol. The van der Waals surface area contributed by atoms with Crippen LogP contribution in [0.2, 0.25) is 0 Å². The average Bonchev–Trinajstić information content (AvgIpc) is 2.81. The van der Waals surface area contributed by atoms with E-state index in [-0.39, 0.29) is 0 Å². The third kappa shape index (κ3) is 5.30. The molecule has 1 heterocycles. The van der Waals surface area contributed by atoms with Crippen LogP contribution in [0.25, 0.3) is 0 Å². The molecule has 0 unspecified atom stereocenters. The summed E-state index contributed by atoms with van der Waals surface area (Å²) in [5.41, 5.74) is 0. The van der Waals surface area contributed by atoms with Crippen molar-refractivity contribution in [1.29, 1.82) is 0 Å². The van der Waals surface area contributed by atoms with Gasteiger partial charge in [0.15, 0.2) is 0 Å². The molecule has 0 fully saturated rings. The van der Waals surface area contributed by atoms with E-state index in [0.29, 0.717) is 0 Å². The summed E-state index contributed by atoms with van der Waals surface area (Å²) in [4.78, 5) is 22.4. The van der Waals surface area contributed by atoms with Gasteiger partial charge in [-0.05, 0) is 20.8 Å². The highest BCUT2D eigenvalue weighted by atomic mass is 16.6. The summed E-state index contributed by atoms with van der Waals surface area (Å²) in [6, 6.07) is 0. The summed E-state index contributed by atoms with van der Waals surface area (Å²) in [7, 11) is 0. The molecule has 10 nitrogen and oxygen atoms in total.